The molecule has 0 aromatic heterocycles. The van der Waals surface area contributed by atoms with Crippen molar-refractivity contribution in [3.05, 3.63) is 47.5 Å². The minimum absolute atomic E-state index is 0.141. The van der Waals surface area contributed by atoms with Gasteiger partial charge in [0.2, 0.25) is 5.91 Å². The Morgan fingerprint density at radius 3 is 2.18 bits per heavy atom. The monoisotopic (exact) mass is 469 g/mol. The average molecular weight is 470 g/mol. The van der Waals surface area contributed by atoms with Crippen molar-refractivity contribution in [1.29, 1.82) is 0 Å². The third kappa shape index (κ3) is 4.64. The van der Waals surface area contributed by atoms with Crippen LogP contribution in [-0.4, -0.2) is 50.6 Å². The Kier molecular flexibility index (Phi) is 6.77. The fourth-order valence-electron chi connectivity index (χ4n) is 3.79. The van der Waals surface area contributed by atoms with Crippen LogP contribution in [0.1, 0.15) is 38.8 Å². The summed E-state index contributed by atoms with van der Waals surface area (Å²) in [6.07, 6.45) is 0. The van der Waals surface area contributed by atoms with E-state index in [9.17, 15) is 14.4 Å². The van der Waals surface area contributed by atoms with E-state index in [0.717, 1.165) is 10.5 Å². The molecule has 4 amide bonds. The minimum Gasteiger partial charge on any atom is -0.495 e. The van der Waals surface area contributed by atoms with Crippen LogP contribution in [0.15, 0.2) is 36.4 Å². The van der Waals surface area contributed by atoms with Gasteiger partial charge in [-0.05, 0) is 47.7 Å². The van der Waals surface area contributed by atoms with Crippen molar-refractivity contribution in [1.82, 2.24) is 10.2 Å². The number of carbonyl (C=O) groups is 3. The lowest BCUT2D eigenvalue weighted by Gasteiger charge is -2.23. The van der Waals surface area contributed by atoms with E-state index in [-0.39, 0.29) is 5.41 Å². The van der Waals surface area contributed by atoms with Gasteiger partial charge < -0.3 is 24.8 Å². The lowest BCUT2D eigenvalue weighted by molar-refractivity contribution is -0.133. The van der Waals surface area contributed by atoms with Gasteiger partial charge in [0.15, 0.2) is 11.5 Å². The number of methoxy groups -OCH3 is 3. The normalized spacial score (nSPS) is 17.9. The second-order valence-electron chi connectivity index (χ2n) is 9.23. The van der Waals surface area contributed by atoms with Crippen LogP contribution < -0.4 is 24.8 Å². The Balaban J connectivity index is 1.82. The number of imide groups is 1. The molecule has 1 heterocycles. The molecule has 1 aliphatic rings. The molecule has 1 atom stereocenters. The van der Waals surface area contributed by atoms with Gasteiger partial charge in [-0.15, -0.1) is 0 Å². The standard InChI is InChI=1S/C25H31N3O6/c1-24(2,3)15-8-10-18(32-5)17(12-15)26-21(29)14-28-22(30)25(4,27-23(28)31)16-9-11-19(33-6)20(13-16)34-7/h8-13H,14H2,1-7H3,(H,26,29)(H,27,31). The maximum absolute atomic E-state index is 13.3. The SMILES string of the molecule is COc1ccc(C(C)(C)C)cc1NC(=O)CN1C(=O)NC(C)(c2ccc(OC)c(OC)c2)C1=O. The second-order valence-corrected chi connectivity index (χ2v) is 9.23. The molecule has 0 spiro atoms. The summed E-state index contributed by atoms with van der Waals surface area (Å²) in [7, 11) is 4.50. The Labute approximate surface area is 199 Å². The predicted molar refractivity (Wildman–Crippen MR) is 127 cm³/mol. The summed E-state index contributed by atoms with van der Waals surface area (Å²) in [5, 5.41) is 5.46. The lowest BCUT2D eigenvalue weighted by atomic mass is 9.87. The van der Waals surface area contributed by atoms with Gasteiger partial charge in [0.1, 0.15) is 17.8 Å². The first-order valence-corrected chi connectivity index (χ1v) is 10.8. The van der Waals surface area contributed by atoms with Crippen LogP contribution >= 0.6 is 0 Å². The molecule has 2 N–H and O–H groups in total. The number of hydrogen-bond acceptors (Lipinski definition) is 6. The quantitative estimate of drug-likeness (QED) is 0.602. The van der Waals surface area contributed by atoms with Gasteiger partial charge in [-0.3, -0.25) is 14.5 Å². The first kappa shape index (κ1) is 24.9. The zero-order chi connectivity index (χ0) is 25.3. The van der Waals surface area contributed by atoms with Crippen molar-refractivity contribution in [2.24, 2.45) is 0 Å². The summed E-state index contributed by atoms with van der Waals surface area (Å²) < 4.78 is 15.9. The summed E-state index contributed by atoms with van der Waals surface area (Å²) in [6.45, 7) is 7.31. The molecule has 3 rings (SSSR count). The molecule has 0 aliphatic carbocycles. The molecule has 0 saturated carbocycles. The zero-order valence-corrected chi connectivity index (χ0v) is 20.6. The van der Waals surface area contributed by atoms with Crippen molar-refractivity contribution in [2.75, 3.05) is 33.2 Å². The van der Waals surface area contributed by atoms with Gasteiger partial charge in [-0.25, -0.2) is 4.79 Å². The predicted octanol–water partition coefficient (Wildman–Crippen LogP) is 3.42. The molecule has 0 bridgehead atoms. The molecule has 9 nitrogen and oxygen atoms in total. The van der Waals surface area contributed by atoms with E-state index in [1.807, 2.05) is 12.1 Å². The third-order valence-corrected chi connectivity index (χ3v) is 5.88. The number of amides is 4. The van der Waals surface area contributed by atoms with Gasteiger partial charge in [-0.2, -0.15) is 0 Å². The molecule has 1 fully saturated rings. The third-order valence-electron chi connectivity index (χ3n) is 5.88. The van der Waals surface area contributed by atoms with Crippen molar-refractivity contribution < 1.29 is 28.6 Å². The molecule has 1 unspecified atom stereocenters. The summed E-state index contributed by atoms with van der Waals surface area (Å²) in [4.78, 5) is 39.7. The van der Waals surface area contributed by atoms with E-state index in [2.05, 4.69) is 31.4 Å². The van der Waals surface area contributed by atoms with E-state index in [1.165, 1.54) is 21.3 Å². The van der Waals surface area contributed by atoms with Gasteiger partial charge in [0.25, 0.3) is 5.91 Å². The number of ether oxygens (including phenoxy) is 3. The molecule has 1 saturated heterocycles. The molecule has 0 radical (unpaired) electrons. The highest BCUT2D eigenvalue weighted by molar-refractivity contribution is 6.10. The zero-order valence-electron chi connectivity index (χ0n) is 20.6. The number of urea groups is 1. The highest BCUT2D eigenvalue weighted by Crippen LogP contribution is 2.36. The topological polar surface area (TPSA) is 106 Å². The first-order chi connectivity index (χ1) is 15.9. The molecule has 182 valence electrons. The molecule has 34 heavy (non-hydrogen) atoms. The molecular weight excluding hydrogens is 438 g/mol. The number of nitrogens with zero attached hydrogens (tertiary/aromatic N) is 1. The van der Waals surface area contributed by atoms with Crippen LogP contribution in [0, 0.1) is 0 Å². The maximum Gasteiger partial charge on any atom is 0.325 e. The fraction of sp³-hybridized carbons (Fsp3) is 0.400. The molecule has 2 aromatic rings. The molecular formula is C25H31N3O6. The van der Waals surface area contributed by atoms with E-state index < -0.39 is 29.9 Å². The van der Waals surface area contributed by atoms with Crippen LogP contribution in [0.4, 0.5) is 10.5 Å². The number of anilines is 1. The number of nitrogens with one attached hydrogen (secondary N) is 2. The van der Waals surface area contributed by atoms with Crippen LogP contribution in [0.3, 0.4) is 0 Å². The Morgan fingerprint density at radius 1 is 0.971 bits per heavy atom. The molecule has 1 aliphatic heterocycles. The van der Waals surface area contributed by atoms with E-state index in [0.29, 0.717) is 28.5 Å². The van der Waals surface area contributed by atoms with Crippen molar-refractivity contribution >= 4 is 23.5 Å². The Hall–Kier alpha value is -3.75. The smallest absolute Gasteiger partial charge is 0.325 e. The van der Waals surface area contributed by atoms with Gasteiger partial charge in [-0.1, -0.05) is 32.9 Å². The summed E-state index contributed by atoms with van der Waals surface area (Å²) in [5.74, 6) is 0.327. The van der Waals surface area contributed by atoms with Gasteiger partial charge in [0, 0.05) is 0 Å². The Morgan fingerprint density at radius 2 is 1.59 bits per heavy atom. The van der Waals surface area contributed by atoms with Crippen molar-refractivity contribution in [3.8, 4) is 17.2 Å². The number of carbonyl (C=O) groups excluding carboxylic acids is 3. The largest absolute Gasteiger partial charge is 0.495 e. The molecule has 2 aromatic carbocycles. The Bertz CT molecular complexity index is 1120. The first-order valence-electron chi connectivity index (χ1n) is 10.8. The van der Waals surface area contributed by atoms with Crippen LogP contribution in [-0.2, 0) is 20.5 Å². The van der Waals surface area contributed by atoms with Gasteiger partial charge >= 0.3 is 6.03 Å². The summed E-state index contributed by atoms with van der Waals surface area (Å²) in [5.41, 5.74) is 0.471. The fourth-order valence-corrected chi connectivity index (χ4v) is 3.79. The van der Waals surface area contributed by atoms with E-state index >= 15 is 0 Å². The minimum atomic E-state index is -1.36. The van der Waals surface area contributed by atoms with Crippen molar-refractivity contribution in [3.63, 3.8) is 0 Å². The van der Waals surface area contributed by atoms with Crippen LogP contribution in [0.2, 0.25) is 0 Å². The average Bonchev–Trinajstić information content (AvgIpc) is 3.01. The highest BCUT2D eigenvalue weighted by Gasteiger charge is 2.49. The summed E-state index contributed by atoms with van der Waals surface area (Å²) in [6, 6.07) is 9.83. The van der Waals surface area contributed by atoms with E-state index in [1.54, 1.807) is 31.2 Å². The van der Waals surface area contributed by atoms with Crippen LogP contribution in [0.25, 0.3) is 0 Å². The van der Waals surface area contributed by atoms with Crippen molar-refractivity contribution in [2.45, 2.75) is 38.6 Å². The number of rotatable bonds is 7. The highest BCUT2D eigenvalue weighted by atomic mass is 16.5. The van der Waals surface area contributed by atoms with E-state index in [4.69, 9.17) is 14.2 Å². The summed E-state index contributed by atoms with van der Waals surface area (Å²) >= 11 is 0. The van der Waals surface area contributed by atoms with Gasteiger partial charge in [0.05, 0.1) is 27.0 Å². The number of benzene rings is 2. The lowest BCUT2D eigenvalue weighted by Crippen LogP contribution is -2.42. The van der Waals surface area contributed by atoms with Crippen LogP contribution in [0.5, 0.6) is 17.2 Å². The number of hydrogen-bond donors (Lipinski definition) is 2. The molecule has 9 heteroatoms. The second kappa shape index (κ2) is 9.24. The maximum atomic E-state index is 13.3.